The first-order chi connectivity index (χ1) is 11.9. The van der Waals surface area contributed by atoms with Gasteiger partial charge in [-0.3, -0.25) is 0 Å². The second-order valence-corrected chi connectivity index (χ2v) is 6.22. The molecule has 2 aromatic carbocycles. The Balaban J connectivity index is 1.77. The number of rotatable bonds is 3. The molecule has 1 fully saturated rings. The molecule has 0 unspecified atom stereocenters. The molecule has 3 aromatic rings. The Morgan fingerprint density at radius 3 is 2.48 bits per heavy atom. The molecule has 0 atom stereocenters. The number of nitrogens with one attached hydrogen (secondary N) is 1. The summed E-state index contributed by atoms with van der Waals surface area (Å²) < 4.78 is 42.9. The van der Waals surface area contributed by atoms with Crippen molar-refractivity contribution in [1.29, 1.82) is 0 Å². The highest BCUT2D eigenvalue weighted by molar-refractivity contribution is 5.93. The smallest absolute Gasteiger partial charge is 0.406 e. The predicted molar refractivity (Wildman–Crippen MR) is 88.4 cm³/mol. The fraction of sp³-hybridized carbons (Fsp3) is 0.278. The summed E-state index contributed by atoms with van der Waals surface area (Å²) in [5.41, 5.74) is 4.78. The third-order valence-electron chi connectivity index (χ3n) is 4.50. The Labute approximate surface area is 142 Å². The highest BCUT2D eigenvalue weighted by Gasteiger charge is 2.31. The van der Waals surface area contributed by atoms with Gasteiger partial charge in [0.05, 0.1) is 17.4 Å². The molecule has 0 amide bonds. The normalized spacial score (nSPS) is 15.4. The Kier molecular flexibility index (Phi) is 3.68. The van der Waals surface area contributed by atoms with Crippen molar-refractivity contribution in [3.05, 3.63) is 48.3 Å². The van der Waals surface area contributed by atoms with E-state index in [0.717, 1.165) is 35.2 Å². The molecule has 0 radical (unpaired) electrons. The van der Waals surface area contributed by atoms with E-state index in [1.54, 1.807) is 18.5 Å². The average Bonchev–Trinajstić information content (AvgIpc) is 2.86. The van der Waals surface area contributed by atoms with Gasteiger partial charge in [-0.25, -0.2) is 4.98 Å². The van der Waals surface area contributed by atoms with E-state index in [1.807, 2.05) is 11.6 Å². The second kappa shape index (κ2) is 5.77. The molecular formula is C18H16F3N3O. The van der Waals surface area contributed by atoms with Crippen molar-refractivity contribution < 1.29 is 17.9 Å². The van der Waals surface area contributed by atoms with Crippen molar-refractivity contribution in [2.75, 3.05) is 13.1 Å². The van der Waals surface area contributed by atoms with Gasteiger partial charge in [-0.15, -0.1) is 13.2 Å². The van der Waals surface area contributed by atoms with Gasteiger partial charge in [0.2, 0.25) is 0 Å². The summed E-state index contributed by atoms with van der Waals surface area (Å²) in [6, 6.07) is 10.1. The first kappa shape index (κ1) is 16.0. The summed E-state index contributed by atoms with van der Waals surface area (Å²) in [5, 5.41) is 3.26. The van der Waals surface area contributed by atoms with E-state index in [4.69, 9.17) is 0 Å². The number of aromatic nitrogens is 2. The molecule has 130 valence electrons. The zero-order valence-electron chi connectivity index (χ0n) is 13.5. The molecule has 7 heteroatoms. The monoisotopic (exact) mass is 347 g/mol. The van der Waals surface area contributed by atoms with Crippen LogP contribution in [0.1, 0.15) is 11.5 Å². The van der Waals surface area contributed by atoms with Crippen LogP contribution in [0, 0.1) is 0 Å². The van der Waals surface area contributed by atoms with Crippen LogP contribution in [-0.4, -0.2) is 29.0 Å². The van der Waals surface area contributed by atoms with Crippen LogP contribution in [0.4, 0.5) is 13.2 Å². The number of fused-ring (bicyclic) bond motifs is 1. The SMILES string of the molecule is Cn1cnc2c(-c3ccc(OC(F)(F)F)cc3)cc(C3CNC3)cc21. The molecule has 0 saturated carbocycles. The third kappa shape index (κ3) is 3.07. The molecule has 0 aliphatic carbocycles. The standard InChI is InChI=1S/C18H16F3N3O/c1-24-10-23-17-15(6-12(7-16(17)24)13-8-22-9-13)11-2-4-14(5-3-11)25-18(19,20)21/h2-7,10,13,22H,8-9H2,1H3. The fourth-order valence-corrected chi connectivity index (χ4v) is 3.07. The van der Waals surface area contributed by atoms with E-state index in [1.165, 1.54) is 17.7 Å². The van der Waals surface area contributed by atoms with Gasteiger partial charge >= 0.3 is 6.36 Å². The number of ether oxygens (including phenoxy) is 1. The number of benzene rings is 2. The molecule has 1 aliphatic rings. The summed E-state index contributed by atoms with van der Waals surface area (Å²) in [6.45, 7) is 1.86. The lowest BCUT2D eigenvalue weighted by Gasteiger charge is -2.28. The second-order valence-electron chi connectivity index (χ2n) is 6.22. The van der Waals surface area contributed by atoms with E-state index < -0.39 is 6.36 Å². The van der Waals surface area contributed by atoms with E-state index in [2.05, 4.69) is 27.2 Å². The van der Waals surface area contributed by atoms with Crippen LogP contribution < -0.4 is 10.1 Å². The van der Waals surface area contributed by atoms with Crippen molar-refractivity contribution in [3.63, 3.8) is 0 Å². The summed E-state index contributed by atoms with van der Waals surface area (Å²) in [5.74, 6) is 0.221. The molecule has 1 N–H and O–H groups in total. The Morgan fingerprint density at radius 2 is 1.88 bits per heavy atom. The number of halogens is 3. The number of nitrogens with zero attached hydrogens (tertiary/aromatic N) is 2. The van der Waals surface area contributed by atoms with Gasteiger partial charge in [-0.2, -0.15) is 0 Å². The lowest BCUT2D eigenvalue weighted by Crippen LogP contribution is -2.39. The molecule has 1 aliphatic heterocycles. The molecule has 4 nitrogen and oxygen atoms in total. The number of hydrogen-bond donors (Lipinski definition) is 1. The number of imidazole rings is 1. The van der Waals surface area contributed by atoms with E-state index in [0.29, 0.717) is 5.92 Å². The molecule has 1 saturated heterocycles. The summed E-state index contributed by atoms with van der Waals surface area (Å²) >= 11 is 0. The van der Waals surface area contributed by atoms with Gasteiger partial charge in [0, 0.05) is 31.6 Å². The first-order valence-corrected chi connectivity index (χ1v) is 7.92. The van der Waals surface area contributed by atoms with Crippen molar-refractivity contribution in [3.8, 4) is 16.9 Å². The largest absolute Gasteiger partial charge is 0.573 e. The highest BCUT2D eigenvalue weighted by Crippen LogP contribution is 2.34. The van der Waals surface area contributed by atoms with Crippen molar-refractivity contribution >= 4 is 11.0 Å². The maximum absolute atomic E-state index is 12.3. The topological polar surface area (TPSA) is 39.1 Å². The molecule has 25 heavy (non-hydrogen) atoms. The third-order valence-corrected chi connectivity index (χ3v) is 4.50. The average molecular weight is 347 g/mol. The van der Waals surface area contributed by atoms with Gasteiger partial charge in [-0.05, 0) is 35.4 Å². The van der Waals surface area contributed by atoms with Crippen molar-refractivity contribution in [2.45, 2.75) is 12.3 Å². The minimum absolute atomic E-state index is 0.229. The maximum Gasteiger partial charge on any atom is 0.573 e. The Hall–Kier alpha value is -2.54. The van der Waals surface area contributed by atoms with Gasteiger partial charge in [-0.1, -0.05) is 12.1 Å². The zero-order valence-corrected chi connectivity index (χ0v) is 13.5. The van der Waals surface area contributed by atoms with E-state index >= 15 is 0 Å². The van der Waals surface area contributed by atoms with Crippen molar-refractivity contribution in [2.24, 2.45) is 7.05 Å². The summed E-state index contributed by atoms with van der Waals surface area (Å²) in [4.78, 5) is 4.46. The van der Waals surface area contributed by atoms with Gasteiger partial charge in [0.15, 0.2) is 0 Å². The molecule has 4 rings (SSSR count). The Bertz CT molecular complexity index is 912. The first-order valence-electron chi connectivity index (χ1n) is 7.92. The number of aryl methyl sites for hydroxylation is 1. The number of hydrogen-bond acceptors (Lipinski definition) is 3. The van der Waals surface area contributed by atoms with Gasteiger partial charge in [0.25, 0.3) is 0 Å². The van der Waals surface area contributed by atoms with Gasteiger partial charge < -0.3 is 14.6 Å². The van der Waals surface area contributed by atoms with E-state index in [-0.39, 0.29) is 5.75 Å². The zero-order chi connectivity index (χ0) is 17.6. The molecule has 0 spiro atoms. The molecular weight excluding hydrogens is 331 g/mol. The van der Waals surface area contributed by atoms with Gasteiger partial charge in [0.1, 0.15) is 5.75 Å². The van der Waals surface area contributed by atoms with E-state index in [9.17, 15) is 13.2 Å². The highest BCUT2D eigenvalue weighted by atomic mass is 19.4. The van der Waals surface area contributed by atoms with Crippen LogP contribution in [-0.2, 0) is 7.05 Å². The quantitative estimate of drug-likeness (QED) is 0.783. The van der Waals surface area contributed by atoms with Crippen LogP contribution in [0.5, 0.6) is 5.75 Å². The molecule has 1 aromatic heterocycles. The number of alkyl halides is 3. The minimum atomic E-state index is -4.69. The lowest BCUT2D eigenvalue weighted by molar-refractivity contribution is -0.274. The summed E-state index contributed by atoms with van der Waals surface area (Å²) in [6.07, 6.45) is -2.94. The summed E-state index contributed by atoms with van der Waals surface area (Å²) in [7, 11) is 1.93. The van der Waals surface area contributed by atoms with Crippen LogP contribution in [0.15, 0.2) is 42.7 Å². The predicted octanol–water partition coefficient (Wildman–Crippen LogP) is 3.83. The maximum atomic E-state index is 12.3. The minimum Gasteiger partial charge on any atom is -0.406 e. The van der Waals surface area contributed by atoms with Crippen LogP contribution in [0.3, 0.4) is 0 Å². The molecule has 0 bridgehead atoms. The van der Waals surface area contributed by atoms with Crippen LogP contribution in [0.2, 0.25) is 0 Å². The Morgan fingerprint density at radius 1 is 1.16 bits per heavy atom. The van der Waals surface area contributed by atoms with Crippen LogP contribution in [0.25, 0.3) is 22.2 Å². The fourth-order valence-electron chi connectivity index (χ4n) is 3.07. The molecule has 2 heterocycles. The van der Waals surface area contributed by atoms with Crippen LogP contribution >= 0.6 is 0 Å². The van der Waals surface area contributed by atoms with Crippen molar-refractivity contribution in [1.82, 2.24) is 14.9 Å². The lowest BCUT2D eigenvalue weighted by atomic mass is 9.90.